The fraction of sp³-hybridized carbons (Fsp3) is 0.125. The van der Waals surface area contributed by atoms with E-state index in [0.29, 0.717) is 12.3 Å². The van der Waals surface area contributed by atoms with Gasteiger partial charge in [0, 0.05) is 10.7 Å². The molecule has 0 fully saturated rings. The van der Waals surface area contributed by atoms with Crippen molar-refractivity contribution in [3.8, 4) is 5.75 Å². The van der Waals surface area contributed by atoms with Crippen molar-refractivity contribution in [3.05, 3.63) is 57.8 Å². The van der Waals surface area contributed by atoms with Gasteiger partial charge in [0.25, 0.3) is 0 Å². The maximum absolute atomic E-state index is 10.8. The lowest BCUT2D eigenvalue weighted by Gasteiger charge is -2.05. The molecule has 0 aliphatic carbocycles. The zero-order valence-corrected chi connectivity index (χ0v) is 13.0. The first-order valence-corrected chi connectivity index (χ1v) is 7.19. The SMILES string of the molecule is CCOc1ccc(Br)c(/C=C/c2ccc(C(=O)O)cn2)c1. The Bertz CT molecular complexity index is 666. The highest BCUT2D eigenvalue weighted by atomic mass is 79.9. The Labute approximate surface area is 131 Å². The molecule has 1 N–H and O–H groups in total. The second-order valence-electron chi connectivity index (χ2n) is 4.23. The van der Waals surface area contributed by atoms with E-state index in [1.54, 1.807) is 6.07 Å². The molecule has 0 aliphatic heterocycles. The summed E-state index contributed by atoms with van der Waals surface area (Å²) >= 11 is 3.48. The number of halogens is 1. The van der Waals surface area contributed by atoms with E-state index < -0.39 is 5.97 Å². The number of carboxylic acid groups (broad SMARTS) is 1. The minimum Gasteiger partial charge on any atom is -0.494 e. The number of pyridine rings is 1. The van der Waals surface area contributed by atoms with E-state index in [1.807, 2.05) is 37.3 Å². The number of aromatic nitrogens is 1. The van der Waals surface area contributed by atoms with Crippen molar-refractivity contribution in [2.24, 2.45) is 0 Å². The summed E-state index contributed by atoms with van der Waals surface area (Å²) < 4.78 is 6.41. The van der Waals surface area contributed by atoms with E-state index in [9.17, 15) is 4.79 Å². The molecule has 21 heavy (non-hydrogen) atoms. The lowest BCUT2D eigenvalue weighted by molar-refractivity contribution is 0.0696. The van der Waals surface area contributed by atoms with Crippen molar-refractivity contribution in [2.45, 2.75) is 6.92 Å². The maximum atomic E-state index is 10.8. The molecule has 0 unspecified atom stereocenters. The van der Waals surface area contributed by atoms with Crippen LogP contribution in [0.5, 0.6) is 5.75 Å². The predicted octanol–water partition coefficient (Wildman–Crippen LogP) is 4.11. The van der Waals surface area contributed by atoms with Crippen LogP contribution in [0.1, 0.15) is 28.5 Å². The quantitative estimate of drug-likeness (QED) is 0.883. The summed E-state index contributed by atoms with van der Waals surface area (Å²) in [5.41, 5.74) is 1.82. The monoisotopic (exact) mass is 347 g/mol. The number of hydrogen-bond acceptors (Lipinski definition) is 3. The number of benzene rings is 1. The Balaban J connectivity index is 2.20. The molecule has 0 atom stereocenters. The molecule has 0 saturated carbocycles. The summed E-state index contributed by atoms with van der Waals surface area (Å²) in [5.74, 6) is -0.181. The van der Waals surface area contributed by atoms with Gasteiger partial charge in [0.05, 0.1) is 17.9 Å². The Kier molecular flexibility index (Phi) is 5.11. The van der Waals surface area contributed by atoms with Crippen molar-refractivity contribution >= 4 is 34.1 Å². The molecule has 4 nitrogen and oxygen atoms in total. The van der Waals surface area contributed by atoms with Crippen molar-refractivity contribution in [3.63, 3.8) is 0 Å². The zero-order chi connectivity index (χ0) is 15.2. The van der Waals surface area contributed by atoms with Crippen molar-refractivity contribution in [1.82, 2.24) is 4.98 Å². The third kappa shape index (κ3) is 4.16. The van der Waals surface area contributed by atoms with Crippen LogP contribution in [0.15, 0.2) is 41.0 Å². The van der Waals surface area contributed by atoms with Crippen molar-refractivity contribution in [2.75, 3.05) is 6.61 Å². The van der Waals surface area contributed by atoms with E-state index >= 15 is 0 Å². The molecule has 0 saturated heterocycles. The van der Waals surface area contributed by atoms with Crippen LogP contribution in [0.25, 0.3) is 12.2 Å². The second kappa shape index (κ2) is 7.04. The lowest BCUT2D eigenvalue weighted by atomic mass is 10.1. The summed E-state index contributed by atoms with van der Waals surface area (Å²) in [6.07, 6.45) is 5.06. The number of nitrogens with zero attached hydrogens (tertiary/aromatic N) is 1. The second-order valence-corrected chi connectivity index (χ2v) is 5.08. The predicted molar refractivity (Wildman–Crippen MR) is 85.4 cm³/mol. The number of rotatable bonds is 5. The topological polar surface area (TPSA) is 59.4 Å². The van der Waals surface area contributed by atoms with E-state index in [4.69, 9.17) is 9.84 Å². The largest absolute Gasteiger partial charge is 0.494 e. The molecule has 2 aromatic rings. The fourth-order valence-electron chi connectivity index (χ4n) is 1.71. The van der Waals surface area contributed by atoms with Gasteiger partial charge in [-0.25, -0.2) is 4.79 Å². The van der Waals surface area contributed by atoms with Crippen molar-refractivity contribution < 1.29 is 14.6 Å². The summed E-state index contributed by atoms with van der Waals surface area (Å²) in [7, 11) is 0. The molecular weight excluding hydrogens is 334 g/mol. The average Bonchev–Trinajstić information content (AvgIpc) is 2.48. The van der Waals surface area contributed by atoms with Gasteiger partial charge in [-0.2, -0.15) is 0 Å². The zero-order valence-electron chi connectivity index (χ0n) is 11.4. The molecule has 0 aliphatic rings. The van der Waals surface area contributed by atoms with Crippen LogP contribution in [0, 0.1) is 0 Å². The molecule has 1 aromatic heterocycles. The Hall–Kier alpha value is -2.14. The maximum Gasteiger partial charge on any atom is 0.337 e. The number of hydrogen-bond donors (Lipinski definition) is 1. The molecule has 1 aromatic carbocycles. The van der Waals surface area contributed by atoms with Gasteiger partial charge in [0.2, 0.25) is 0 Å². The molecule has 0 radical (unpaired) electrons. The summed E-state index contributed by atoms with van der Waals surface area (Å²) in [4.78, 5) is 14.8. The fourth-order valence-corrected chi connectivity index (χ4v) is 2.09. The molecule has 108 valence electrons. The van der Waals surface area contributed by atoms with Crippen LogP contribution in [0.4, 0.5) is 0 Å². The normalized spacial score (nSPS) is 10.8. The van der Waals surface area contributed by atoms with E-state index in [0.717, 1.165) is 15.8 Å². The first-order chi connectivity index (χ1) is 10.1. The smallest absolute Gasteiger partial charge is 0.337 e. The molecule has 0 spiro atoms. The first kappa shape index (κ1) is 15.3. The standard InChI is InChI=1S/C16H14BrNO3/c1-2-21-14-7-8-15(17)11(9-14)3-5-13-6-4-12(10-18-13)16(19)20/h3-10H,2H2,1H3,(H,19,20)/b5-3+. The summed E-state index contributed by atoms with van der Waals surface area (Å²) in [6.45, 7) is 2.55. The van der Waals surface area contributed by atoms with Gasteiger partial charge >= 0.3 is 5.97 Å². The van der Waals surface area contributed by atoms with Gasteiger partial charge in [0.1, 0.15) is 5.75 Å². The van der Waals surface area contributed by atoms with E-state index in [2.05, 4.69) is 20.9 Å². The van der Waals surface area contributed by atoms with Gasteiger partial charge in [-0.05, 0) is 48.9 Å². The molecule has 0 bridgehead atoms. The van der Waals surface area contributed by atoms with Gasteiger partial charge in [-0.1, -0.05) is 22.0 Å². The van der Waals surface area contributed by atoms with Crippen LogP contribution in [0.3, 0.4) is 0 Å². The summed E-state index contributed by atoms with van der Waals surface area (Å²) in [6, 6.07) is 8.94. The molecular formula is C16H14BrNO3. The van der Waals surface area contributed by atoms with Crippen LogP contribution in [-0.4, -0.2) is 22.7 Å². The third-order valence-electron chi connectivity index (χ3n) is 2.75. The van der Waals surface area contributed by atoms with E-state index in [-0.39, 0.29) is 5.56 Å². The molecule has 2 rings (SSSR count). The number of carboxylic acids is 1. The highest BCUT2D eigenvalue weighted by molar-refractivity contribution is 9.10. The highest BCUT2D eigenvalue weighted by Crippen LogP contribution is 2.24. The molecule has 5 heteroatoms. The molecule has 0 amide bonds. The minimum absolute atomic E-state index is 0.173. The van der Waals surface area contributed by atoms with Gasteiger partial charge in [-0.15, -0.1) is 0 Å². The number of ether oxygens (including phenoxy) is 1. The van der Waals surface area contributed by atoms with Gasteiger partial charge < -0.3 is 9.84 Å². The third-order valence-corrected chi connectivity index (χ3v) is 3.47. The average molecular weight is 348 g/mol. The van der Waals surface area contributed by atoms with Crippen LogP contribution >= 0.6 is 15.9 Å². The Morgan fingerprint density at radius 1 is 1.33 bits per heavy atom. The highest BCUT2D eigenvalue weighted by Gasteiger charge is 2.02. The number of aromatic carboxylic acids is 1. The molecule has 1 heterocycles. The Morgan fingerprint density at radius 3 is 2.76 bits per heavy atom. The lowest BCUT2D eigenvalue weighted by Crippen LogP contribution is -1.96. The summed E-state index contributed by atoms with van der Waals surface area (Å²) in [5, 5.41) is 8.82. The van der Waals surface area contributed by atoms with Crippen LogP contribution in [0.2, 0.25) is 0 Å². The Morgan fingerprint density at radius 2 is 2.14 bits per heavy atom. The van der Waals surface area contributed by atoms with Crippen LogP contribution in [-0.2, 0) is 0 Å². The number of carbonyl (C=O) groups is 1. The van der Waals surface area contributed by atoms with Crippen molar-refractivity contribution in [1.29, 1.82) is 0 Å². The van der Waals surface area contributed by atoms with Gasteiger partial charge in [0.15, 0.2) is 0 Å². The van der Waals surface area contributed by atoms with Gasteiger partial charge in [-0.3, -0.25) is 4.98 Å². The minimum atomic E-state index is -0.981. The van der Waals surface area contributed by atoms with Crippen LogP contribution < -0.4 is 4.74 Å². The first-order valence-electron chi connectivity index (χ1n) is 6.40. The van der Waals surface area contributed by atoms with E-state index in [1.165, 1.54) is 12.3 Å².